The highest BCUT2D eigenvalue weighted by atomic mass is 16.5. The molecule has 2 unspecified atom stereocenters. The summed E-state index contributed by atoms with van der Waals surface area (Å²) in [5.41, 5.74) is 1.33. The summed E-state index contributed by atoms with van der Waals surface area (Å²) in [7, 11) is 3.54. The lowest BCUT2D eigenvalue weighted by Crippen LogP contribution is -2.33. The molecule has 0 aliphatic carbocycles. The Labute approximate surface area is 169 Å². The van der Waals surface area contributed by atoms with Crippen molar-refractivity contribution in [2.45, 2.75) is 24.9 Å². The molecule has 2 atom stereocenters. The average molecular weight is 394 g/mol. The Balaban J connectivity index is 1.56. The smallest absolute Gasteiger partial charge is 0.272 e. The molecule has 1 aliphatic heterocycles. The van der Waals surface area contributed by atoms with Gasteiger partial charge in [0, 0.05) is 32.2 Å². The number of imidazole rings is 1. The van der Waals surface area contributed by atoms with Gasteiger partial charge >= 0.3 is 0 Å². The van der Waals surface area contributed by atoms with Gasteiger partial charge in [-0.1, -0.05) is 12.1 Å². The van der Waals surface area contributed by atoms with Gasteiger partial charge in [0.1, 0.15) is 23.3 Å². The number of piperidine rings is 1. The zero-order valence-corrected chi connectivity index (χ0v) is 16.7. The molecule has 8 nitrogen and oxygen atoms in total. The van der Waals surface area contributed by atoms with E-state index in [2.05, 4.69) is 20.7 Å². The zero-order valence-electron chi connectivity index (χ0n) is 16.7. The van der Waals surface area contributed by atoms with Crippen molar-refractivity contribution in [3.63, 3.8) is 0 Å². The first-order chi connectivity index (χ1) is 14.2. The average Bonchev–Trinajstić information content (AvgIpc) is 3.42. The van der Waals surface area contributed by atoms with Crippen LogP contribution in [0.2, 0.25) is 0 Å². The molecule has 1 fully saturated rings. The highest BCUT2D eigenvalue weighted by molar-refractivity contribution is 5.92. The maximum Gasteiger partial charge on any atom is 0.272 e. The molecule has 1 saturated heterocycles. The molecule has 1 amide bonds. The van der Waals surface area contributed by atoms with E-state index in [4.69, 9.17) is 4.74 Å². The minimum absolute atomic E-state index is 0.226. The van der Waals surface area contributed by atoms with Crippen molar-refractivity contribution >= 4 is 5.91 Å². The first kappa shape index (κ1) is 19.2. The molecule has 1 aliphatic rings. The van der Waals surface area contributed by atoms with Gasteiger partial charge in [-0.3, -0.25) is 9.48 Å². The van der Waals surface area contributed by atoms with Gasteiger partial charge in [0.05, 0.1) is 13.2 Å². The number of ether oxygens (including phenoxy) is 1. The molecule has 152 valence electrons. The minimum atomic E-state index is -0.394. The van der Waals surface area contributed by atoms with Crippen LogP contribution in [0.3, 0.4) is 0 Å². The zero-order chi connectivity index (χ0) is 20.2. The predicted octanol–water partition coefficient (Wildman–Crippen LogP) is 2.07. The van der Waals surface area contributed by atoms with Crippen LogP contribution in [0.25, 0.3) is 0 Å². The van der Waals surface area contributed by atoms with Crippen LogP contribution in [0.1, 0.15) is 46.8 Å². The van der Waals surface area contributed by atoms with Crippen molar-refractivity contribution in [1.29, 1.82) is 0 Å². The third kappa shape index (κ3) is 4.17. The summed E-state index contributed by atoms with van der Waals surface area (Å²) in [6.45, 7) is 1.92. The molecular formula is C21H26N6O2. The van der Waals surface area contributed by atoms with Crippen LogP contribution in [0, 0.1) is 0 Å². The van der Waals surface area contributed by atoms with E-state index < -0.39 is 6.04 Å². The first-order valence-electron chi connectivity index (χ1n) is 9.83. The monoisotopic (exact) mass is 394 g/mol. The van der Waals surface area contributed by atoms with E-state index in [-0.39, 0.29) is 11.9 Å². The Kier molecular flexibility index (Phi) is 5.62. The Hall–Kier alpha value is -3.13. The van der Waals surface area contributed by atoms with Gasteiger partial charge in [-0.25, -0.2) is 4.98 Å². The molecule has 3 aromatic rings. The normalized spacial score (nSPS) is 17.7. The third-order valence-electron chi connectivity index (χ3n) is 5.33. The van der Waals surface area contributed by atoms with Crippen LogP contribution < -0.4 is 15.4 Å². The summed E-state index contributed by atoms with van der Waals surface area (Å²) in [6.07, 6.45) is 7.66. The van der Waals surface area contributed by atoms with Crippen LogP contribution in [0.5, 0.6) is 5.75 Å². The Bertz CT molecular complexity index is 956. The van der Waals surface area contributed by atoms with Crippen molar-refractivity contribution in [1.82, 2.24) is 30.0 Å². The van der Waals surface area contributed by atoms with Crippen molar-refractivity contribution < 1.29 is 9.53 Å². The lowest BCUT2D eigenvalue weighted by atomic mass is 10.1. The fraction of sp³-hybridized carbons (Fsp3) is 0.381. The van der Waals surface area contributed by atoms with Crippen LogP contribution in [-0.2, 0) is 7.05 Å². The van der Waals surface area contributed by atoms with E-state index in [0.717, 1.165) is 43.1 Å². The summed E-state index contributed by atoms with van der Waals surface area (Å²) in [5, 5.41) is 11.0. The highest BCUT2D eigenvalue weighted by Gasteiger charge is 2.23. The summed E-state index contributed by atoms with van der Waals surface area (Å²) >= 11 is 0. The molecule has 0 radical (unpaired) electrons. The van der Waals surface area contributed by atoms with Crippen LogP contribution in [0.15, 0.2) is 48.9 Å². The molecule has 4 rings (SSSR count). The number of nitrogens with one attached hydrogen (secondary N) is 2. The second kappa shape index (κ2) is 8.48. The lowest BCUT2D eigenvalue weighted by Gasteiger charge is -2.23. The lowest BCUT2D eigenvalue weighted by molar-refractivity contribution is 0.0934. The summed E-state index contributed by atoms with van der Waals surface area (Å²) in [4.78, 5) is 17.4. The number of amides is 1. The van der Waals surface area contributed by atoms with Gasteiger partial charge in [0.2, 0.25) is 0 Å². The van der Waals surface area contributed by atoms with Crippen LogP contribution in [0.4, 0.5) is 0 Å². The van der Waals surface area contributed by atoms with Gasteiger partial charge in [0.25, 0.3) is 5.91 Å². The van der Waals surface area contributed by atoms with E-state index >= 15 is 0 Å². The molecule has 8 heteroatoms. The Morgan fingerprint density at radius 3 is 2.76 bits per heavy atom. The van der Waals surface area contributed by atoms with E-state index in [9.17, 15) is 4.79 Å². The number of carbonyl (C=O) groups excluding carboxylic acids is 1. The highest BCUT2D eigenvalue weighted by Crippen LogP contribution is 2.23. The number of rotatable bonds is 6. The molecule has 29 heavy (non-hydrogen) atoms. The van der Waals surface area contributed by atoms with Crippen molar-refractivity contribution in [3.05, 3.63) is 66.0 Å². The molecule has 0 spiro atoms. The van der Waals surface area contributed by atoms with Gasteiger partial charge < -0.3 is 19.9 Å². The van der Waals surface area contributed by atoms with E-state index in [0.29, 0.717) is 5.69 Å². The Morgan fingerprint density at radius 2 is 2.10 bits per heavy atom. The second-order valence-electron chi connectivity index (χ2n) is 7.26. The first-order valence-corrected chi connectivity index (χ1v) is 9.83. The topological polar surface area (TPSA) is 86.0 Å². The fourth-order valence-corrected chi connectivity index (χ4v) is 3.68. The summed E-state index contributed by atoms with van der Waals surface area (Å²) in [5.74, 6) is 1.29. The van der Waals surface area contributed by atoms with Gasteiger partial charge in [-0.15, -0.1) is 0 Å². The number of nitrogens with zero attached hydrogens (tertiary/aromatic N) is 4. The van der Waals surface area contributed by atoms with E-state index in [1.165, 1.54) is 0 Å². The molecule has 2 N–H and O–H groups in total. The predicted molar refractivity (Wildman–Crippen MR) is 109 cm³/mol. The summed E-state index contributed by atoms with van der Waals surface area (Å²) in [6, 6.07) is 9.29. The second-order valence-corrected chi connectivity index (χ2v) is 7.26. The Morgan fingerprint density at radius 1 is 1.28 bits per heavy atom. The van der Waals surface area contributed by atoms with Crippen molar-refractivity contribution in [2.75, 3.05) is 20.2 Å². The van der Waals surface area contributed by atoms with Crippen molar-refractivity contribution in [2.24, 2.45) is 7.05 Å². The number of aromatic nitrogens is 4. The molecule has 1 aromatic carbocycles. The number of methoxy groups -OCH3 is 1. The molecule has 0 bridgehead atoms. The summed E-state index contributed by atoms with van der Waals surface area (Å²) < 4.78 is 9.05. The standard InChI is InChI=1S/C21H26N6O2/c1-26-13-11-23-20(26)19(15-5-7-17(29-2)8-6-15)24-21(28)18-9-12-27(25-18)16-4-3-10-22-14-16/h5-9,11-13,16,19,22H,3-4,10,14H2,1-2H3,(H,24,28). The van der Waals surface area contributed by atoms with Crippen molar-refractivity contribution in [3.8, 4) is 5.75 Å². The van der Waals surface area contributed by atoms with Crippen LogP contribution >= 0.6 is 0 Å². The largest absolute Gasteiger partial charge is 0.497 e. The maximum absolute atomic E-state index is 13.0. The van der Waals surface area contributed by atoms with E-state index in [1.807, 2.05) is 53.0 Å². The minimum Gasteiger partial charge on any atom is -0.497 e. The number of benzene rings is 1. The third-order valence-corrected chi connectivity index (χ3v) is 5.33. The number of hydrogen-bond donors (Lipinski definition) is 2. The quantitative estimate of drug-likeness (QED) is 0.669. The molecular weight excluding hydrogens is 368 g/mol. The number of hydrogen-bond acceptors (Lipinski definition) is 5. The van der Waals surface area contributed by atoms with Gasteiger partial charge in [0.15, 0.2) is 0 Å². The van der Waals surface area contributed by atoms with Gasteiger partial charge in [-0.05, 0) is 43.1 Å². The van der Waals surface area contributed by atoms with Gasteiger partial charge in [-0.2, -0.15) is 5.10 Å². The molecule has 3 heterocycles. The number of aryl methyl sites for hydroxylation is 1. The van der Waals surface area contributed by atoms with Crippen LogP contribution in [-0.4, -0.2) is 45.4 Å². The SMILES string of the molecule is COc1ccc(C(NC(=O)c2ccn(C3CCCNC3)n2)c2nccn2C)cc1. The maximum atomic E-state index is 13.0. The molecule has 2 aromatic heterocycles. The number of carbonyl (C=O) groups is 1. The fourth-order valence-electron chi connectivity index (χ4n) is 3.68. The van der Waals surface area contributed by atoms with E-state index in [1.54, 1.807) is 19.4 Å². The molecule has 0 saturated carbocycles.